The summed E-state index contributed by atoms with van der Waals surface area (Å²) in [7, 11) is 3.15. The first-order valence-electron chi connectivity index (χ1n) is 9.30. The van der Waals surface area contributed by atoms with Gasteiger partial charge in [0.1, 0.15) is 11.5 Å². The number of hydrogen-bond acceptors (Lipinski definition) is 5. The number of rotatable bonds is 6. The van der Waals surface area contributed by atoms with Crippen molar-refractivity contribution in [3.05, 3.63) is 53.1 Å². The second kappa shape index (κ2) is 10.1. The first kappa shape index (κ1) is 21.0. The Balaban J connectivity index is 1.79. The van der Waals surface area contributed by atoms with Gasteiger partial charge in [0, 0.05) is 41.1 Å². The zero-order valence-electron chi connectivity index (χ0n) is 16.4. The Kier molecular flexibility index (Phi) is 7.32. The molecule has 1 amide bonds. The van der Waals surface area contributed by atoms with Crippen LogP contribution in [0.4, 0.5) is 5.69 Å². The number of anilines is 1. The lowest BCUT2D eigenvalue weighted by atomic mass is 10.2. The molecule has 0 aliphatic carbocycles. The molecule has 1 saturated heterocycles. The molecule has 2 N–H and O–H groups in total. The van der Waals surface area contributed by atoms with Crippen LogP contribution < -0.4 is 20.1 Å². The van der Waals surface area contributed by atoms with Gasteiger partial charge in [0.25, 0.3) is 5.91 Å². The summed E-state index contributed by atoms with van der Waals surface area (Å²) in [5, 5.41) is 6.53. The molecular weight excluding hydrogens is 394 g/mol. The lowest BCUT2D eigenvalue weighted by Crippen LogP contribution is -2.36. The minimum absolute atomic E-state index is 0.0547. The van der Waals surface area contributed by atoms with Gasteiger partial charge < -0.3 is 19.5 Å². The van der Waals surface area contributed by atoms with Gasteiger partial charge in [-0.05, 0) is 37.1 Å². The van der Waals surface area contributed by atoms with Gasteiger partial charge in [-0.2, -0.15) is 0 Å². The van der Waals surface area contributed by atoms with Crippen molar-refractivity contribution in [2.24, 2.45) is 4.99 Å². The second-order valence-corrected chi connectivity index (χ2v) is 6.95. The van der Waals surface area contributed by atoms with E-state index in [2.05, 4.69) is 15.6 Å². The zero-order valence-corrected chi connectivity index (χ0v) is 17.2. The van der Waals surface area contributed by atoms with E-state index in [1.807, 2.05) is 0 Å². The van der Waals surface area contributed by atoms with Crippen LogP contribution in [0.3, 0.4) is 0 Å². The molecule has 1 atom stereocenters. The molecule has 2 aromatic carbocycles. The van der Waals surface area contributed by atoms with Gasteiger partial charge in [-0.1, -0.05) is 11.6 Å². The van der Waals surface area contributed by atoms with E-state index >= 15 is 0 Å². The Hall–Kier alpha value is -2.77. The van der Waals surface area contributed by atoms with Crippen LogP contribution in [0.15, 0.2) is 47.5 Å². The van der Waals surface area contributed by atoms with E-state index in [1.165, 1.54) is 0 Å². The molecule has 7 nitrogen and oxygen atoms in total. The molecule has 0 spiro atoms. The van der Waals surface area contributed by atoms with Crippen LogP contribution in [0.2, 0.25) is 5.02 Å². The molecule has 0 bridgehead atoms. The fourth-order valence-corrected chi connectivity index (χ4v) is 3.02. The molecule has 1 heterocycles. The molecule has 1 aliphatic heterocycles. The number of amides is 1. The molecule has 154 valence electrons. The number of ether oxygens (including phenoxy) is 3. The normalized spacial score (nSPS) is 16.4. The van der Waals surface area contributed by atoms with Crippen LogP contribution in [0, 0.1) is 0 Å². The Bertz CT molecular complexity index is 842. The molecule has 2 aromatic rings. The summed E-state index contributed by atoms with van der Waals surface area (Å²) in [6, 6.07) is 12.0. The predicted octanol–water partition coefficient (Wildman–Crippen LogP) is 3.73. The molecule has 1 aliphatic rings. The van der Waals surface area contributed by atoms with Crippen molar-refractivity contribution >= 4 is 29.2 Å². The molecule has 8 heteroatoms. The van der Waals surface area contributed by atoms with Gasteiger partial charge in [-0.25, -0.2) is 4.99 Å². The van der Waals surface area contributed by atoms with Crippen LogP contribution in [-0.4, -0.2) is 45.3 Å². The maximum atomic E-state index is 12.6. The van der Waals surface area contributed by atoms with E-state index in [4.69, 9.17) is 25.8 Å². The van der Waals surface area contributed by atoms with Crippen LogP contribution in [0.1, 0.15) is 23.2 Å². The first-order chi connectivity index (χ1) is 14.1. The van der Waals surface area contributed by atoms with Gasteiger partial charge in [-0.15, -0.1) is 0 Å². The lowest BCUT2D eigenvalue weighted by molar-refractivity contribution is 0.0975. The Morgan fingerprint density at radius 1 is 1.17 bits per heavy atom. The zero-order chi connectivity index (χ0) is 20.6. The minimum atomic E-state index is -0.296. The largest absolute Gasteiger partial charge is 0.497 e. The predicted molar refractivity (Wildman–Crippen MR) is 113 cm³/mol. The molecule has 0 aromatic heterocycles. The summed E-state index contributed by atoms with van der Waals surface area (Å²) in [5.74, 6) is 1.26. The van der Waals surface area contributed by atoms with Crippen LogP contribution in [0.5, 0.6) is 11.5 Å². The first-order valence-corrected chi connectivity index (χ1v) is 9.68. The monoisotopic (exact) mass is 417 g/mol. The number of guanidine groups is 1. The molecule has 3 rings (SSSR count). The van der Waals surface area contributed by atoms with Crippen molar-refractivity contribution < 1.29 is 19.0 Å². The van der Waals surface area contributed by atoms with E-state index in [-0.39, 0.29) is 12.0 Å². The maximum absolute atomic E-state index is 12.6. The van der Waals surface area contributed by atoms with Crippen molar-refractivity contribution in [2.45, 2.75) is 18.9 Å². The summed E-state index contributed by atoms with van der Waals surface area (Å²) in [6.07, 6.45) is 2.03. The highest BCUT2D eigenvalue weighted by Crippen LogP contribution is 2.25. The minimum Gasteiger partial charge on any atom is -0.497 e. The summed E-state index contributed by atoms with van der Waals surface area (Å²) in [6.45, 7) is 1.19. The van der Waals surface area contributed by atoms with Crippen molar-refractivity contribution in [3.63, 3.8) is 0 Å². The molecular formula is C21H24ClN3O4. The van der Waals surface area contributed by atoms with Crippen LogP contribution in [0.25, 0.3) is 0 Å². The topological polar surface area (TPSA) is 81.2 Å². The summed E-state index contributed by atoms with van der Waals surface area (Å²) in [5.41, 5.74) is 1.15. The highest BCUT2D eigenvalue weighted by atomic mass is 35.5. The highest BCUT2D eigenvalue weighted by molar-refractivity contribution is 6.30. The third-order valence-corrected chi connectivity index (χ3v) is 4.68. The van der Waals surface area contributed by atoms with E-state index in [0.717, 1.165) is 19.4 Å². The molecule has 0 unspecified atom stereocenters. The van der Waals surface area contributed by atoms with Crippen LogP contribution in [-0.2, 0) is 4.74 Å². The van der Waals surface area contributed by atoms with Gasteiger partial charge in [0.15, 0.2) is 0 Å². The van der Waals surface area contributed by atoms with Crippen LogP contribution >= 0.6 is 11.6 Å². The van der Waals surface area contributed by atoms with Gasteiger partial charge in [-0.3, -0.25) is 10.1 Å². The van der Waals surface area contributed by atoms with Crippen molar-refractivity contribution in [3.8, 4) is 11.5 Å². The Morgan fingerprint density at radius 2 is 1.86 bits per heavy atom. The van der Waals surface area contributed by atoms with Crippen molar-refractivity contribution in [2.75, 3.05) is 32.7 Å². The van der Waals surface area contributed by atoms with E-state index in [9.17, 15) is 4.79 Å². The fraction of sp³-hybridized carbons (Fsp3) is 0.333. The lowest BCUT2D eigenvalue weighted by Gasteiger charge is -2.15. The molecule has 0 saturated carbocycles. The standard InChI is InChI=1S/C21H24ClN3O4/c1-27-18-10-16(11-19(12-18)28-2)24-21(23-13-17-4-3-9-29-17)25-20(26)14-5-7-15(22)8-6-14/h5-8,10-12,17H,3-4,9,13H2,1-2H3,(H2,23,24,25,26)/t17-/m0/s1. The number of nitrogens with one attached hydrogen (secondary N) is 2. The smallest absolute Gasteiger partial charge is 0.257 e. The molecule has 29 heavy (non-hydrogen) atoms. The van der Waals surface area contributed by atoms with E-state index in [0.29, 0.717) is 40.3 Å². The average Bonchev–Trinajstić information content (AvgIpc) is 3.25. The highest BCUT2D eigenvalue weighted by Gasteiger charge is 2.16. The summed E-state index contributed by atoms with van der Waals surface area (Å²) in [4.78, 5) is 17.2. The van der Waals surface area contributed by atoms with Crippen molar-refractivity contribution in [1.29, 1.82) is 0 Å². The third-order valence-electron chi connectivity index (χ3n) is 4.43. The van der Waals surface area contributed by atoms with Gasteiger partial charge in [0.2, 0.25) is 5.96 Å². The Morgan fingerprint density at radius 3 is 2.45 bits per heavy atom. The number of carbonyl (C=O) groups excluding carboxylic acids is 1. The number of benzene rings is 2. The average molecular weight is 418 g/mol. The number of nitrogens with zero attached hydrogens (tertiary/aromatic N) is 1. The quantitative estimate of drug-likeness (QED) is 0.552. The third kappa shape index (κ3) is 6.10. The second-order valence-electron chi connectivity index (χ2n) is 6.51. The van der Waals surface area contributed by atoms with E-state index in [1.54, 1.807) is 56.7 Å². The number of methoxy groups -OCH3 is 2. The van der Waals surface area contributed by atoms with Gasteiger partial charge in [0.05, 0.1) is 26.9 Å². The number of carbonyl (C=O) groups is 1. The number of hydrogen-bond donors (Lipinski definition) is 2. The molecule has 0 radical (unpaired) electrons. The maximum Gasteiger partial charge on any atom is 0.257 e. The summed E-state index contributed by atoms with van der Waals surface area (Å²) < 4.78 is 16.2. The van der Waals surface area contributed by atoms with Crippen molar-refractivity contribution in [1.82, 2.24) is 5.32 Å². The fourth-order valence-electron chi connectivity index (χ4n) is 2.89. The number of aliphatic imine (C=N–C) groups is 1. The molecule has 1 fully saturated rings. The Labute approximate surface area is 175 Å². The summed E-state index contributed by atoms with van der Waals surface area (Å²) >= 11 is 5.90. The van der Waals surface area contributed by atoms with E-state index < -0.39 is 0 Å². The SMILES string of the molecule is COc1cc(NC(=NC[C@@H]2CCCO2)NC(=O)c2ccc(Cl)cc2)cc(OC)c1. The van der Waals surface area contributed by atoms with Gasteiger partial charge >= 0.3 is 0 Å². The number of halogens is 1.